The number of sulfonamides is 1. The molecule has 0 atom stereocenters. The first-order valence-electron chi connectivity index (χ1n) is 11.8. The van der Waals surface area contributed by atoms with E-state index in [0.29, 0.717) is 17.8 Å². The molecule has 0 spiro atoms. The highest BCUT2D eigenvalue weighted by Gasteiger charge is 2.27. The Bertz CT molecular complexity index is 1440. The fourth-order valence-electron chi connectivity index (χ4n) is 4.58. The molecule has 35 heavy (non-hydrogen) atoms. The first kappa shape index (κ1) is 23.4. The number of aromatic nitrogens is 2. The number of anilines is 2. The van der Waals surface area contributed by atoms with Crippen molar-refractivity contribution >= 4 is 43.5 Å². The molecular formula is C26H28FN5O2S. The Labute approximate surface area is 204 Å². The summed E-state index contributed by atoms with van der Waals surface area (Å²) in [6, 6.07) is 21.3. The minimum absolute atomic E-state index is 0.0211. The van der Waals surface area contributed by atoms with Gasteiger partial charge in [-0.3, -0.25) is 0 Å². The van der Waals surface area contributed by atoms with E-state index >= 15 is 0 Å². The normalized spacial score (nSPS) is 14.5. The fraction of sp³-hybridized carbons (Fsp3) is 0.308. The van der Waals surface area contributed by atoms with E-state index < -0.39 is 16.7 Å². The van der Waals surface area contributed by atoms with E-state index in [0.717, 1.165) is 52.2 Å². The van der Waals surface area contributed by atoms with E-state index in [1.54, 1.807) is 0 Å². The van der Waals surface area contributed by atoms with Crippen LogP contribution in [0.2, 0.25) is 0 Å². The lowest BCUT2D eigenvalue weighted by atomic mass is 10.0. The molecule has 7 nitrogen and oxygen atoms in total. The number of aryl methyl sites for hydroxylation is 1. The van der Waals surface area contributed by atoms with Crippen LogP contribution in [0.25, 0.3) is 21.7 Å². The average Bonchev–Trinajstić information content (AvgIpc) is 2.90. The summed E-state index contributed by atoms with van der Waals surface area (Å²) in [5.41, 5.74) is 1.58. The van der Waals surface area contributed by atoms with Gasteiger partial charge in [-0.15, -0.1) is 0 Å². The van der Waals surface area contributed by atoms with Gasteiger partial charge in [-0.1, -0.05) is 54.6 Å². The third-order valence-electron chi connectivity index (χ3n) is 6.34. The summed E-state index contributed by atoms with van der Waals surface area (Å²) in [5.74, 6) is 0.535. The predicted octanol–water partition coefficient (Wildman–Crippen LogP) is 3.54. The van der Waals surface area contributed by atoms with Gasteiger partial charge in [0.05, 0.1) is 17.8 Å². The Balaban J connectivity index is 1.50. The molecule has 1 fully saturated rings. The molecule has 1 aromatic heterocycles. The number of piperazine rings is 1. The van der Waals surface area contributed by atoms with E-state index in [1.807, 2.05) is 66.7 Å². The van der Waals surface area contributed by atoms with Gasteiger partial charge in [0.25, 0.3) is 0 Å². The monoisotopic (exact) mass is 493 g/mol. The topological polar surface area (TPSA) is 78.4 Å². The van der Waals surface area contributed by atoms with Crippen molar-refractivity contribution < 1.29 is 12.8 Å². The van der Waals surface area contributed by atoms with Crippen LogP contribution in [0.3, 0.4) is 0 Å². The second kappa shape index (κ2) is 10.1. The number of nitrogens with zero attached hydrogens (tertiary/aromatic N) is 4. The molecule has 4 aromatic rings. The molecule has 0 bridgehead atoms. The minimum Gasteiger partial charge on any atom is -0.353 e. The van der Waals surface area contributed by atoms with Gasteiger partial charge >= 0.3 is 0 Å². The molecule has 1 saturated heterocycles. The third-order valence-corrected chi connectivity index (χ3v) is 8.08. The molecular weight excluding hydrogens is 465 g/mol. The molecule has 1 aliphatic heterocycles. The maximum atomic E-state index is 13.6. The first-order valence-corrected chi connectivity index (χ1v) is 13.4. The van der Waals surface area contributed by atoms with E-state index in [9.17, 15) is 12.8 Å². The minimum atomic E-state index is -3.88. The lowest BCUT2D eigenvalue weighted by Gasteiger charge is -2.30. The number of nitrogens with one attached hydrogen (secondary N) is 1. The molecule has 5 rings (SSSR count). The molecule has 3 aromatic carbocycles. The maximum Gasteiger partial charge on any atom is 0.241 e. The largest absolute Gasteiger partial charge is 0.353 e. The van der Waals surface area contributed by atoms with Crippen molar-refractivity contribution in [3.63, 3.8) is 0 Å². The maximum absolute atomic E-state index is 13.6. The van der Waals surface area contributed by atoms with Crippen LogP contribution in [0.1, 0.15) is 5.56 Å². The molecule has 1 aliphatic rings. The fourth-order valence-corrected chi connectivity index (χ4v) is 5.95. The van der Waals surface area contributed by atoms with Crippen LogP contribution < -0.4 is 14.5 Å². The highest BCUT2D eigenvalue weighted by molar-refractivity contribution is 7.92. The van der Waals surface area contributed by atoms with Gasteiger partial charge in [0.1, 0.15) is 12.5 Å². The smallest absolute Gasteiger partial charge is 0.241 e. The molecule has 9 heteroatoms. The van der Waals surface area contributed by atoms with Gasteiger partial charge in [-0.25, -0.2) is 22.1 Å². The van der Waals surface area contributed by atoms with Crippen LogP contribution >= 0.6 is 0 Å². The second-order valence-corrected chi connectivity index (χ2v) is 10.6. The summed E-state index contributed by atoms with van der Waals surface area (Å²) in [6.45, 7) is 1.97. The zero-order valence-corrected chi connectivity index (χ0v) is 20.2. The lowest BCUT2D eigenvalue weighted by Crippen LogP contribution is -2.44. The van der Waals surface area contributed by atoms with E-state index in [2.05, 4.69) is 20.2 Å². The Morgan fingerprint density at radius 2 is 1.63 bits per heavy atom. The third kappa shape index (κ3) is 4.92. The molecule has 0 amide bonds. The van der Waals surface area contributed by atoms with Crippen molar-refractivity contribution in [2.75, 3.05) is 54.4 Å². The SMILES string of the molecule is O=S(=O)(CCc1cccc2ccccc12)N(CCF)c1nc(N2CCNCC2)c2ccccc2n1. The molecule has 0 saturated carbocycles. The second-order valence-electron chi connectivity index (χ2n) is 8.57. The van der Waals surface area contributed by atoms with Crippen LogP contribution in [0.15, 0.2) is 66.7 Å². The van der Waals surface area contributed by atoms with E-state index in [-0.39, 0.29) is 18.2 Å². The summed E-state index contributed by atoms with van der Waals surface area (Å²) < 4.78 is 41.7. The number of rotatable bonds is 8. The van der Waals surface area contributed by atoms with Crippen molar-refractivity contribution in [1.29, 1.82) is 0 Å². The number of para-hydroxylation sites is 1. The quantitative estimate of drug-likeness (QED) is 0.405. The molecule has 2 heterocycles. The zero-order valence-electron chi connectivity index (χ0n) is 19.4. The highest BCUT2D eigenvalue weighted by Crippen LogP contribution is 2.28. The van der Waals surface area contributed by atoms with Crippen molar-refractivity contribution in [1.82, 2.24) is 15.3 Å². The number of alkyl halides is 1. The summed E-state index contributed by atoms with van der Waals surface area (Å²) in [4.78, 5) is 11.4. The summed E-state index contributed by atoms with van der Waals surface area (Å²) >= 11 is 0. The standard InChI is InChI=1S/C26H28FN5O2S/c27-13-16-32(35(33,34)19-12-21-8-5-7-20-6-1-2-9-22(20)21)26-29-24-11-4-3-10-23(24)25(30-26)31-17-14-28-15-18-31/h1-11,28H,12-19H2. The number of benzene rings is 3. The highest BCUT2D eigenvalue weighted by atomic mass is 32.2. The van der Waals surface area contributed by atoms with Gasteiger partial charge in [0.15, 0.2) is 0 Å². The zero-order chi connectivity index (χ0) is 24.3. The molecule has 0 unspecified atom stereocenters. The van der Waals surface area contributed by atoms with Crippen molar-refractivity contribution in [3.05, 3.63) is 72.3 Å². The van der Waals surface area contributed by atoms with Gasteiger partial charge in [-0.2, -0.15) is 4.98 Å². The molecule has 182 valence electrons. The van der Waals surface area contributed by atoms with Crippen molar-refractivity contribution in [3.8, 4) is 0 Å². The van der Waals surface area contributed by atoms with Crippen LogP contribution in [-0.2, 0) is 16.4 Å². The number of hydrogen-bond acceptors (Lipinski definition) is 6. The molecule has 0 aliphatic carbocycles. The van der Waals surface area contributed by atoms with Crippen LogP contribution in [0, 0.1) is 0 Å². The number of fused-ring (bicyclic) bond motifs is 2. The van der Waals surface area contributed by atoms with Crippen molar-refractivity contribution in [2.45, 2.75) is 6.42 Å². The van der Waals surface area contributed by atoms with Crippen LogP contribution in [0.5, 0.6) is 0 Å². The van der Waals surface area contributed by atoms with Gasteiger partial charge in [-0.05, 0) is 34.9 Å². The molecule has 1 N–H and O–H groups in total. The number of hydrogen-bond donors (Lipinski definition) is 1. The molecule has 0 radical (unpaired) electrons. The number of halogens is 1. The predicted molar refractivity (Wildman–Crippen MR) is 139 cm³/mol. The Morgan fingerprint density at radius 1 is 0.914 bits per heavy atom. The summed E-state index contributed by atoms with van der Waals surface area (Å²) in [6.07, 6.45) is 0.310. The van der Waals surface area contributed by atoms with E-state index in [4.69, 9.17) is 0 Å². The van der Waals surface area contributed by atoms with Crippen LogP contribution in [0.4, 0.5) is 16.2 Å². The van der Waals surface area contributed by atoms with Crippen molar-refractivity contribution in [2.24, 2.45) is 0 Å². The Hall–Kier alpha value is -3.30. The first-order chi connectivity index (χ1) is 17.1. The van der Waals surface area contributed by atoms with E-state index in [1.165, 1.54) is 0 Å². The van der Waals surface area contributed by atoms with Crippen LogP contribution in [-0.4, -0.2) is 63.5 Å². The average molecular weight is 494 g/mol. The van der Waals surface area contributed by atoms with Gasteiger partial charge in [0, 0.05) is 31.6 Å². The Kier molecular flexibility index (Phi) is 6.79. The lowest BCUT2D eigenvalue weighted by molar-refractivity contribution is 0.498. The van der Waals surface area contributed by atoms with Gasteiger partial charge in [0.2, 0.25) is 16.0 Å². The Morgan fingerprint density at radius 3 is 2.43 bits per heavy atom. The summed E-state index contributed by atoms with van der Waals surface area (Å²) in [5, 5.41) is 6.25. The van der Waals surface area contributed by atoms with Gasteiger partial charge < -0.3 is 10.2 Å². The summed E-state index contributed by atoms with van der Waals surface area (Å²) in [7, 11) is -3.88.